The summed E-state index contributed by atoms with van der Waals surface area (Å²) in [7, 11) is 0. The van der Waals surface area contributed by atoms with Crippen LogP contribution < -0.4 is 11.1 Å². The van der Waals surface area contributed by atoms with Crippen LogP contribution in [0.4, 0.5) is 0 Å². The maximum Gasteiger partial charge on any atom is 0.252 e. The van der Waals surface area contributed by atoms with Crippen LogP contribution in [0.3, 0.4) is 0 Å². The van der Waals surface area contributed by atoms with E-state index < -0.39 is 0 Å². The SMILES string of the molecule is NCCCCNC(=O)c1ccc(C=NO)nc1. The highest BCUT2D eigenvalue weighted by atomic mass is 16.4. The third kappa shape index (κ3) is 4.60. The fourth-order valence-electron chi connectivity index (χ4n) is 1.25. The first-order valence-corrected chi connectivity index (χ1v) is 5.39. The van der Waals surface area contributed by atoms with Crippen LogP contribution in [0.5, 0.6) is 0 Å². The van der Waals surface area contributed by atoms with Crippen LogP contribution >= 0.6 is 0 Å². The van der Waals surface area contributed by atoms with Gasteiger partial charge in [-0.2, -0.15) is 0 Å². The van der Waals surface area contributed by atoms with Crippen molar-refractivity contribution < 1.29 is 10.0 Å². The molecule has 0 aliphatic rings. The van der Waals surface area contributed by atoms with Gasteiger partial charge >= 0.3 is 0 Å². The van der Waals surface area contributed by atoms with Crippen molar-refractivity contribution in [3.63, 3.8) is 0 Å². The number of pyridine rings is 1. The van der Waals surface area contributed by atoms with Gasteiger partial charge in [-0.05, 0) is 31.5 Å². The lowest BCUT2D eigenvalue weighted by Crippen LogP contribution is -2.25. The quantitative estimate of drug-likeness (QED) is 0.287. The molecule has 0 aromatic carbocycles. The molecule has 0 aliphatic carbocycles. The van der Waals surface area contributed by atoms with E-state index in [1.54, 1.807) is 12.1 Å². The van der Waals surface area contributed by atoms with Crippen LogP contribution in [0.1, 0.15) is 28.9 Å². The van der Waals surface area contributed by atoms with Crippen LogP contribution in [0.25, 0.3) is 0 Å². The molecule has 4 N–H and O–H groups in total. The molecule has 6 heteroatoms. The zero-order valence-electron chi connectivity index (χ0n) is 9.47. The van der Waals surface area contributed by atoms with Crippen LogP contribution in [-0.4, -0.2) is 35.4 Å². The summed E-state index contributed by atoms with van der Waals surface area (Å²) >= 11 is 0. The molecule has 1 heterocycles. The largest absolute Gasteiger partial charge is 0.411 e. The van der Waals surface area contributed by atoms with Crippen LogP contribution in [-0.2, 0) is 0 Å². The van der Waals surface area contributed by atoms with Gasteiger partial charge in [0, 0.05) is 12.7 Å². The summed E-state index contributed by atoms with van der Waals surface area (Å²) in [5, 5.41) is 13.9. The van der Waals surface area contributed by atoms with Gasteiger partial charge in [0.25, 0.3) is 5.91 Å². The molecule has 0 fully saturated rings. The molecule has 1 rings (SSSR count). The van der Waals surface area contributed by atoms with Crippen molar-refractivity contribution in [2.75, 3.05) is 13.1 Å². The molecule has 0 bridgehead atoms. The van der Waals surface area contributed by atoms with Crippen LogP contribution in [0, 0.1) is 0 Å². The Hall–Kier alpha value is -1.95. The Morgan fingerprint density at radius 3 is 2.94 bits per heavy atom. The first-order valence-electron chi connectivity index (χ1n) is 5.39. The second-order valence-electron chi connectivity index (χ2n) is 3.47. The Morgan fingerprint density at radius 2 is 2.35 bits per heavy atom. The normalized spacial score (nSPS) is 10.6. The van der Waals surface area contributed by atoms with Gasteiger partial charge in [-0.1, -0.05) is 5.16 Å². The van der Waals surface area contributed by atoms with Crippen LogP contribution in [0.2, 0.25) is 0 Å². The topological polar surface area (TPSA) is 101 Å². The first-order chi connectivity index (χ1) is 8.27. The Labute approximate surface area is 99.5 Å². The van der Waals surface area contributed by atoms with E-state index >= 15 is 0 Å². The van der Waals surface area contributed by atoms with Crippen molar-refractivity contribution >= 4 is 12.1 Å². The number of nitrogens with zero attached hydrogens (tertiary/aromatic N) is 2. The van der Waals surface area contributed by atoms with E-state index in [2.05, 4.69) is 15.5 Å². The highest BCUT2D eigenvalue weighted by Gasteiger charge is 2.04. The Kier molecular flexibility index (Phi) is 5.67. The van der Waals surface area contributed by atoms with Gasteiger partial charge in [0.2, 0.25) is 0 Å². The maximum absolute atomic E-state index is 11.6. The van der Waals surface area contributed by atoms with E-state index in [4.69, 9.17) is 10.9 Å². The molecule has 0 unspecified atom stereocenters. The summed E-state index contributed by atoms with van der Waals surface area (Å²) in [5.41, 5.74) is 6.32. The summed E-state index contributed by atoms with van der Waals surface area (Å²) in [6.07, 6.45) is 4.40. The Bertz CT molecular complexity index is 376. The minimum Gasteiger partial charge on any atom is -0.411 e. The molecule has 1 aromatic rings. The monoisotopic (exact) mass is 236 g/mol. The molecule has 6 nitrogen and oxygen atoms in total. The van der Waals surface area contributed by atoms with Crippen molar-refractivity contribution in [3.8, 4) is 0 Å². The highest BCUT2D eigenvalue weighted by molar-refractivity contribution is 5.94. The number of hydrogen-bond acceptors (Lipinski definition) is 5. The number of nitrogens with one attached hydrogen (secondary N) is 1. The van der Waals surface area contributed by atoms with Crippen molar-refractivity contribution in [1.82, 2.24) is 10.3 Å². The van der Waals surface area contributed by atoms with Crippen molar-refractivity contribution in [1.29, 1.82) is 0 Å². The second kappa shape index (κ2) is 7.34. The standard InChI is InChI=1S/C11H16N4O2/c12-5-1-2-6-13-11(16)9-3-4-10(8-15-17)14-7-9/h3-4,7-8,17H,1-2,5-6,12H2,(H,13,16). The molecule has 0 saturated heterocycles. The van der Waals surface area contributed by atoms with Gasteiger partial charge in [-0.15, -0.1) is 0 Å². The average molecular weight is 236 g/mol. The third-order valence-electron chi connectivity index (χ3n) is 2.16. The van der Waals surface area contributed by atoms with E-state index in [-0.39, 0.29) is 5.91 Å². The van der Waals surface area contributed by atoms with Crippen molar-refractivity contribution in [2.45, 2.75) is 12.8 Å². The summed E-state index contributed by atoms with van der Waals surface area (Å²) in [6, 6.07) is 3.23. The van der Waals surface area contributed by atoms with E-state index in [9.17, 15) is 4.79 Å². The smallest absolute Gasteiger partial charge is 0.252 e. The lowest BCUT2D eigenvalue weighted by Gasteiger charge is -2.04. The number of amides is 1. The second-order valence-corrected chi connectivity index (χ2v) is 3.47. The number of oxime groups is 1. The molecule has 17 heavy (non-hydrogen) atoms. The minimum atomic E-state index is -0.165. The zero-order chi connectivity index (χ0) is 12.5. The molecular formula is C11H16N4O2. The third-order valence-corrected chi connectivity index (χ3v) is 2.16. The summed E-state index contributed by atoms with van der Waals surface area (Å²) in [4.78, 5) is 15.6. The van der Waals surface area contributed by atoms with E-state index in [0.717, 1.165) is 12.8 Å². The maximum atomic E-state index is 11.6. The number of rotatable bonds is 6. The fourth-order valence-corrected chi connectivity index (χ4v) is 1.25. The lowest BCUT2D eigenvalue weighted by molar-refractivity contribution is 0.0952. The van der Waals surface area contributed by atoms with Crippen LogP contribution in [0.15, 0.2) is 23.5 Å². The fraction of sp³-hybridized carbons (Fsp3) is 0.364. The van der Waals surface area contributed by atoms with Gasteiger partial charge in [-0.25, -0.2) is 0 Å². The minimum absolute atomic E-state index is 0.165. The van der Waals surface area contributed by atoms with E-state index in [1.807, 2.05) is 0 Å². The van der Waals surface area contributed by atoms with Crippen molar-refractivity contribution in [2.24, 2.45) is 10.9 Å². The number of aromatic nitrogens is 1. The predicted molar refractivity (Wildman–Crippen MR) is 64.2 cm³/mol. The summed E-state index contributed by atoms with van der Waals surface area (Å²) in [6.45, 7) is 1.24. The number of unbranched alkanes of at least 4 members (excludes halogenated alkanes) is 1. The van der Waals surface area contributed by atoms with Gasteiger partial charge in [0.15, 0.2) is 0 Å². The number of nitrogens with two attached hydrogens (primary N) is 1. The van der Waals surface area contributed by atoms with E-state index in [0.29, 0.717) is 24.3 Å². The molecule has 92 valence electrons. The molecule has 0 aliphatic heterocycles. The molecule has 0 radical (unpaired) electrons. The number of hydrogen-bond donors (Lipinski definition) is 3. The Morgan fingerprint density at radius 1 is 1.53 bits per heavy atom. The molecule has 0 atom stereocenters. The Balaban J connectivity index is 2.46. The van der Waals surface area contributed by atoms with Gasteiger partial charge in [0.1, 0.15) is 0 Å². The van der Waals surface area contributed by atoms with Gasteiger partial charge in [-0.3, -0.25) is 9.78 Å². The molecule has 1 aromatic heterocycles. The van der Waals surface area contributed by atoms with Crippen molar-refractivity contribution in [3.05, 3.63) is 29.6 Å². The van der Waals surface area contributed by atoms with E-state index in [1.165, 1.54) is 12.4 Å². The van der Waals surface area contributed by atoms with Gasteiger partial charge in [0.05, 0.1) is 17.5 Å². The average Bonchev–Trinajstić information content (AvgIpc) is 2.36. The highest BCUT2D eigenvalue weighted by Crippen LogP contribution is 1.99. The lowest BCUT2D eigenvalue weighted by atomic mass is 10.2. The summed E-state index contributed by atoms with van der Waals surface area (Å²) in [5.74, 6) is -0.165. The first kappa shape index (κ1) is 13.1. The molecule has 0 saturated carbocycles. The number of carbonyl (C=O) groups is 1. The molecular weight excluding hydrogens is 220 g/mol. The molecule has 1 amide bonds. The zero-order valence-corrected chi connectivity index (χ0v) is 9.47. The predicted octanol–water partition coefficient (Wildman–Crippen LogP) is 0.358. The number of carbonyl (C=O) groups excluding carboxylic acids is 1. The summed E-state index contributed by atoms with van der Waals surface area (Å²) < 4.78 is 0. The molecule has 0 spiro atoms. The van der Waals surface area contributed by atoms with Gasteiger partial charge < -0.3 is 16.3 Å².